The van der Waals surface area contributed by atoms with Crippen LogP contribution >= 0.6 is 23.4 Å². The van der Waals surface area contributed by atoms with Crippen LogP contribution in [0.15, 0.2) is 18.5 Å². The van der Waals surface area contributed by atoms with E-state index >= 15 is 0 Å². The van der Waals surface area contributed by atoms with Crippen LogP contribution in [0.4, 0.5) is 0 Å². The standard InChI is InChI=1S/C14H20ClN3OS/c15-12-8-17-4-1-11(12)13(18-16)10-2-5-19-14(7-10)3-6-20-9-14/h1,4,8,10,13,18H,2-3,5-7,9,16H2. The predicted molar refractivity (Wildman–Crippen MR) is 82.7 cm³/mol. The molecule has 3 unspecified atom stereocenters. The molecule has 1 aromatic rings. The van der Waals surface area contributed by atoms with Crippen molar-refractivity contribution in [2.24, 2.45) is 11.8 Å². The van der Waals surface area contributed by atoms with Gasteiger partial charge in [0.2, 0.25) is 0 Å². The number of nitrogens with zero attached hydrogens (tertiary/aromatic N) is 1. The maximum atomic E-state index is 6.27. The summed E-state index contributed by atoms with van der Waals surface area (Å²) in [6.45, 7) is 0.812. The normalized spacial score (nSPS) is 31.6. The molecule has 2 fully saturated rings. The fourth-order valence-corrected chi connectivity index (χ4v) is 4.95. The van der Waals surface area contributed by atoms with Crippen LogP contribution in [0.1, 0.15) is 30.9 Å². The lowest BCUT2D eigenvalue weighted by molar-refractivity contribution is -0.0854. The van der Waals surface area contributed by atoms with E-state index in [0.29, 0.717) is 10.9 Å². The van der Waals surface area contributed by atoms with Gasteiger partial charge in [0.05, 0.1) is 16.7 Å². The second-order valence-corrected chi connectivity index (χ2v) is 7.14. The molecule has 0 radical (unpaired) electrons. The Morgan fingerprint density at radius 2 is 2.50 bits per heavy atom. The average Bonchev–Trinajstić information content (AvgIpc) is 2.90. The number of pyridine rings is 1. The number of hydrazine groups is 1. The summed E-state index contributed by atoms with van der Waals surface area (Å²) in [4.78, 5) is 4.05. The molecular formula is C14H20ClN3OS. The van der Waals surface area contributed by atoms with Gasteiger partial charge >= 0.3 is 0 Å². The number of halogens is 1. The number of nitrogens with two attached hydrogens (primary N) is 1. The number of hydrogen-bond acceptors (Lipinski definition) is 5. The third-order valence-corrected chi connectivity index (χ3v) is 5.93. The van der Waals surface area contributed by atoms with Gasteiger partial charge in [-0.25, -0.2) is 0 Å². The van der Waals surface area contributed by atoms with E-state index in [4.69, 9.17) is 22.2 Å². The zero-order chi connectivity index (χ0) is 14.0. The predicted octanol–water partition coefficient (Wildman–Crippen LogP) is 2.54. The van der Waals surface area contributed by atoms with Crippen molar-refractivity contribution >= 4 is 23.4 Å². The molecule has 0 aliphatic carbocycles. The van der Waals surface area contributed by atoms with E-state index in [9.17, 15) is 0 Å². The van der Waals surface area contributed by atoms with Crippen LogP contribution in [-0.4, -0.2) is 28.7 Å². The van der Waals surface area contributed by atoms with Crippen molar-refractivity contribution in [3.63, 3.8) is 0 Å². The van der Waals surface area contributed by atoms with E-state index in [1.165, 1.54) is 5.75 Å². The first kappa shape index (κ1) is 14.6. The van der Waals surface area contributed by atoms with Crippen LogP contribution in [0.2, 0.25) is 5.02 Å². The molecule has 6 heteroatoms. The molecule has 3 rings (SSSR count). The number of rotatable bonds is 3. The highest BCUT2D eigenvalue weighted by Gasteiger charge is 2.42. The monoisotopic (exact) mass is 313 g/mol. The fraction of sp³-hybridized carbons (Fsp3) is 0.643. The zero-order valence-corrected chi connectivity index (χ0v) is 12.9. The largest absolute Gasteiger partial charge is 0.374 e. The van der Waals surface area contributed by atoms with Gasteiger partial charge in [-0.2, -0.15) is 11.8 Å². The van der Waals surface area contributed by atoms with E-state index in [0.717, 1.165) is 37.2 Å². The third kappa shape index (κ3) is 2.83. The summed E-state index contributed by atoms with van der Waals surface area (Å²) < 4.78 is 6.08. The summed E-state index contributed by atoms with van der Waals surface area (Å²) >= 11 is 8.26. The maximum absolute atomic E-state index is 6.27. The minimum atomic E-state index is 0.0577. The Balaban J connectivity index is 1.81. The molecule has 2 aliphatic heterocycles. The maximum Gasteiger partial charge on any atom is 0.0783 e. The smallest absolute Gasteiger partial charge is 0.0783 e. The van der Waals surface area contributed by atoms with Crippen molar-refractivity contribution in [1.29, 1.82) is 0 Å². The third-order valence-electron chi connectivity index (χ3n) is 4.39. The summed E-state index contributed by atoms with van der Waals surface area (Å²) in [7, 11) is 0. The average molecular weight is 314 g/mol. The van der Waals surface area contributed by atoms with E-state index in [1.807, 2.05) is 17.8 Å². The Morgan fingerprint density at radius 1 is 1.60 bits per heavy atom. The molecule has 0 bridgehead atoms. The van der Waals surface area contributed by atoms with Gasteiger partial charge in [-0.3, -0.25) is 16.3 Å². The lowest BCUT2D eigenvalue weighted by atomic mass is 9.79. The zero-order valence-electron chi connectivity index (χ0n) is 11.3. The highest BCUT2D eigenvalue weighted by atomic mass is 35.5. The SMILES string of the molecule is NNC(c1ccncc1Cl)C1CCOC2(CCSC2)C1. The minimum Gasteiger partial charge on any atom is -0.374 e. The minimum absolute atomic E-state index is 0.0577. The van der Waals surface area contributed by atoms with Gasteiger partial charge in [-0.05, 0) is 42.6 Å². The molecule has 0 aromatic carbocycles. The van der Waals surface area contributed by atoms with E-state index in [2.05, 4.69) is 10.4 Å². The van der Waals surface area contributed by atoms with Crippen LogP contribution in [0.5, 0.6) is 0 Å². The molecule has 1 aromatic heterocycles. The molecule has 3 N–H and O–H groups in total. The van der Waals surface area contributed by atoms with Crippen molar-refractivity contribution in [3.05, 3.63) is 29.0 Å². The molecular weight excluding hydrogens is 294 g/mol. The van der Waals surface area contributed by atoms with Gasteiger partial charge in [-0.15, -0.1) is 0 Å². The van der Waals surface area contributed by atoms with Crippen LogP contribution < -0.4 is 11.3 Å². The van der Waals surface area contributed by atoms with Gasteiger partial charge in [0, 0.05) is 24.8 Å². The van der Waals surface area contributed by atoms with Gasteiger partial charge < -0.3 is 4.74 Å². The van der Waals surface area contributed by atoms with Crippen LogP contribution in [0.25, 0.3) is 0 Å². The van der Waals surface area contributed by atoms with Crippen molar-refractivity contribution in [2.75, 3.05) is 18.1 Å². The molecule has 0 amide bonds. The number of ether oxygens (including phenoxy) is 1. The summed E-state index contributed by atoms with van der Waals surface area (Å²) in [5.41, 5.74) is 4.06. The second kappa shape index (κ2) is 6.20. The lowest BCUT2D eigenvalue weighted by Gasteiger charge is -2.41. The van der Waals surface area contributed by atoms with Crippen molar-refractivity contribution in [2.45, 2.75) is 30.9 Å². The number of thioether (sulfide) groups is 1. The Morgan fingerprint density at radius 3 is 3.20 bits per heavy atom. The van der Waals surface area contributed by atoms with E-state index in [1.54, 1.807) is 12.4 Å². The van der Waals surface area contributed by atoms with E-state index < -0.39 is 0 Å². The first-order valence-corrected chi connectivity index (χ1v) is 8.55. The number of aromatic nitrogens is 1. The molecule has 1 spiro atoms. The first-order chi connectivity index (χ1) is 9.74. The van der Waals surface area contributed by atoms with E-state index in [-0.39, 0.29) is 11.6 Å². The Bertz CT molecular complexity index is 467. The van der Waals surface area contributed by atoms with Crippen LogP contribution in [0, 0.1) is 5.92 Å². The van der Waals surface area contributed by atoms with Crippen molar-refractivity contribution in [3.8, 4) is 0 Å². The second-order valence-electron chi connectivity index (χ2n) is 5.63. The highest BCUT2D eigenvalue weighted by molar-refractivity contribution is 7.99. The highest BCUT2D eigenvalue weighted by Crippen LogP contribution is 2.44. The summed E-state index contributed by atoms with van der Waals surface area (Å²) in [6.07, 6.45) is 6.66. The van der Waals surface area contributed by atoms with Gasteiger partial charge in [0.25, 0.3) is 0 Å². The quantitative estimate of drug-likeness (QED) is 0.663. The molecule has 2 aliphatic rings. The Hall–Kier alpha value is -0.330. The fourth-order valence-electron chi connectivity index (χ4n) is 3.33. The van der Waals surface area contributed by atoms with Gasteiger partial charge in [0.15, 0.2) is 0 Å². The Kier molecular flexibility index (Phi) is 4.52. The summed E-state index contributed by atoms with van der Waals surface area (Å²) in [5, 5.41) is 0.678. The van der Waals surface area contributed by atoms with Crippen LogP contribution in [-0.2, 0) is 4.74 Å². The molecule has 3 atom stereocenters. The van der Waals surface area contributed by atoms with Crippen molar-refractivity contribution in [1.82, 2.24) is 10.4 Å². The lowest BCUT2D eigenvalue weighted by Crippen LogP contribution is -2.45. The number of nitrogens with one attached hydrogen (secondary N) is 1. The molecule has 3 heterocycles. The van der Waals surface area contributed by atoms with Gasteiger partial charge in [0.1, 0.15) is 0 Å². The topological polar surface area (TPSA) is 60.2 Å². The summed E-state index contributed by atoms with van der Waals surface area (Å²) in [6, 6.07) is 2.02. The molecule has 110 valence electrons. The first-order valence-electron chi connectivity index (χ1n) is 7.01. The molecule has 20 heavy (non-hydrogen) atoms. The summed E-state index contributed by atoms with van der Waals surface area (Å²) in [5.74, 6) is 8.57. The molecule has 4 nitrogen and oxygen atoms in total. The molecule has 2 saturated heterocycles. The number of hydrogen-bond donors (Lipinski definition) is 2. The van der Waals surface area contributed by atoms with Crippen LogP contribution in [0.3, 0.4) is 0 Å². The Labute approximate surface area is 128 Å². The van der Waals surface area contributed by atoms with Crippen molar-refractivity contribution < 1.29 is 4.74 Å². The molecule has 0 saturated carbocycles. The van der Waals surface area contributed by atoms with Gasteiger partial charge in [-0.1, -0.05) is 11.6 Å².